The van der Waals surface area contributed by atoms with E-state index in [0.717, 1.165) is 10.0 Å². The highest BCUT2D eigenvalue weighted by Crippen LogP contribution is 2.27. The standard InChI is InChI=1S/C15H15BrFNO/c1-10(18)15-13(17)6-3-7-14(15)19-9-11-4-2-5-12(16)8-11/h2-8,10H,9,18H2,1H3/t10-/m0/s1. The predicted octanol–water partition coefficient (Wildman–Crippen LogP) is 4.19. The molecule has 1 atom stereocenters. The first-order valence-corrected chi connectivity index (χ1v) is 6.78. The molecule has 0 radical (unpaired) electrons. The molecular weight excluding hydrogens is 309 g/mol. The third kappa shape index (κ3) is 3.55. The Bertz CT molecular complexity index is 572. The van der Waals surface area contributed by atoms with Gasteiger partial charge in [0, 0.05) is 16.1 Å². The summed E-state index contributed by atoms with van der Waals surface area (Å²) in [5, 5.41) is 0. The normalized spacial score (nSPS) is 12.2. The van der Waals surface area contributed by atoms with Crippen molar-refractivity contribution in [1.82, 2.24) is 0 Å². The second-order valence-corrected chi connectivity index (χ2v) is 5.27. The number of halogens is 2. The average Bonchev–Trinajstić information content (AvgIpc) is 2.36. The molecular formula is C15H15BrFNO. The number of ether oxygens (including phenoxy) is 1. The summed E-state index contributed by atoms with van der Waals surface area (Å²) >= 11 is 3.40. The Morgan fingerprint density at radius 3 is 2.68 bits per heavy atom. The van der Waals surface area contributed by atoms with Crippen LogP contribution < -0.4 is 10.5 Å². The van der Waals surface area contributed by atoms with E-state index < -0.39 is 6.04 Å². The van der Waals surface area contributed by atoms with Crippen LogP contribution in [0.3, 0.4) is 0 Å². The molecule has 0 saturated carbocycles. The largest absolute Gasteiger partial charge is 0.488 e. The van der Waals surface area contributed by atoms with Crippen molar-refractivity contribution in [3.05, 3.63) is 63.9 Å². The van der Waals surface area contributed by atoms with Crippen molar-refractivity contribution in [2.24, 2.45) is 5.73 Å². The average molecular weight is 324 g/mol. The maximum Gasteiger partial charge on any atom is 0.131 e. The van der Waals surface area contributed by atoms with Gasteiger partial charge in [-0.1, -0.05) is 34.1 Å². The molecule has 4 heteroatoms. The van der Waals surface area contributed by atoms with E-state index in [2.05, 4.69) is 15.9 Å². The summed E-state index contributed by atoms with van der Waals surface area (Å²) in [6, 6.07) is 12.1. The van der Waals surface area contributed by atoms with Gasteiger partial charge in [-0.25, -0.2) is 4.39 Å². The van der Waals surface area contributed by atoms with Gasteiger partial charge in [-0.2, -0.15) is 0 Å². The molecule has 0 aliphatic carbocycles. The quantitative estimate of drug-likeness (QED) is 0.915. The Hall–Kier alpha value is -1.39. The summed E-state index contributed by atoms with van der Waals surface area (Å²) in [4.78, 5) is 0. The van der Waals surface area contributed by atoms with E-state index in [0.29, 0.717) is 17.9 Å². The van der Waals surface area contributed by atoms with Crippen LogP contribution in [0.15, 0.2) is 46.9 Å². The molecule has 0 aliphatic heterocycles. The Kier molecular flexibility index (Phi) is 4.56. The van der Waals surface area contributed by atoms with Crippen molar-refractivity contribution < 1.29 is 9.13 Å². The molecule has 0 amide bonds. The summed E-state index contributed by atoms with van der Waals surface area (Å²) in [5.74, 6) is 0.164. The van der Waals surface area contributed by atoms with Gasteiger partial charge in [0.05, 0.1) is 0 Å². The lowest BCUT2D eigenvalue weighted by atomic mass is 10.1. The summed E-state index contributed by atoms with van der Waals surface area (Å²) < 4.78 is 20.4. The van der Waals surface area contributed by atoms with Crippen molar-refractivity contribution in [3.8, 4) is 5.75 Å². The van der Waals surface area contributed by atoms with Gasteiger partial charge in [0.2, 0.25) is 0 Å². The molecule has 0 saturated heterocycles. The summed E-state index contributed by atoms with van der Waals surface area (Å²) in [6.45, 7) is 2.12. The van der Waals surface area contributed by atoms with Crippen molar-refractivity contribution in [3.63, 3.8) is 0 Å². The molecule has 2 rings (SSSR count). The van der Waals surface area contributed by atoms with Crippen LogP contribution in [0, 0.1) is 5.82 Å². The van der Waals surface area contributed by atoms with Crippen LogP contribution >= 0.6 is 15.9 Å². The summed E-state index contributed by atoms with van der Waals surface area (Å²) in [5.41, 5.74) is 7.20. The Morgan fingerprint density at radius 2 is 2.00 bits per heavy atom. The zero-order valence-corrected chi connectivity index (χ0v) is 12.2. The van der Waals surface area contributed by atoms with Crippen LogP contribution in [0.4, 0.5) is 4.39 Å². The van der Waals surface area contributed by atoms with Gasteiger partial charge in [-0.15, -0.1) is 0 Å². The lowest BCUT2D eigenvalue weighted by molar-refractivity contribution is 0.299. The van der Waals surface area contributed by atoms with Gasteiger partial charge in [-0.05, 0) is 36.8 Å². The third-order valence-corrected chi connectivity index (χ3v) is 3.24. The lowest BCUT2D eigenvalue weighted by Crippen LogP contribution is -2.10. The molecule has 0 spiro atoms. The molecule has 0 aromatic heterocycles. The van der Waals surface area contributed by atoms with Crippen LogP contribution in [0.5, 0.6) is 5.75 Å². The molecule has 0 bridgehead atoms. The number of hydrogen-bond donors (Lipinski definition) is 1. The van der Waals surface area contributed by atoms with Crippen LogP contribution in [0.1, 0.15) is 24.1 Å². The molecule has 2 nitrogen and oxygen atoms in total. The summed E-state index contributed by atoms with van der Waals surface area (Å²) in [7, 11) is 0. The molecule has 100 valence electrons. The van der Waals surface area contributed by atoms with E-state index in [1.165, 1.54) is 6.07 Å². The van der Waals surface area contributed by atoms with E-state index in [1.54, 1.807) is 19.1 Å². The van der Waals surface area contributed by atoms with E-state index in [9.17, 15) is 4.39 Å². The fraction of sp³-hybridized carbons (Fsp3) is 0.200. The minimum absolute atomic E-state index is 0.332. The Balaban J connectivity index is 2.18. The minimum Gasteiger partial charge on any atom is -0.488 e. The third-order valence-electron chi connectivity index (χ3n) is 2.75. The van der Waals surface area contributed by atoms with Gasteiger partial charge < -0.3 is 10.5 Å². The highest BCUT2D eigenvalue weighted by Gasteiger charge is 2.13. The monoisotopic (exact) mass is 323 g/mol. The van der Waals surface area contributed by atoms with Crippen LogP contribution in [-0.2, 0) is 6.61 Å². The highest BCUT2D eigenvalue weighted by atomic mass is 79.9. The second-order valence-electron chi connectivity index (χ2n) is 4.36. The second kappa shape index (κ2) is 6.17. The molecule has 0 heterocycles. The molecule has 0 unspecified atom stereocenters. The maximum atomic E-state index is 13.7. The van der Waals surface area contributed by atoms with E-state index in [1.807, 2.05) is 24.3 Å². The van der Waals surface area contributed by atoms with Crippen molar-refractivity contribution >= 4 is 15.9 Å². The van der Waals surface area contributed by atoms with Crippen molar-refractivity contribution in [2.45, 2.75) is 19.6 Å². The zero-order chi connectivity index (χ0) is 13.8. The van der Waals surface area contributed by atoms with Gasteiger partial charge >= 0.3 is 0 Å². The van der Waals surface area contributed by atoms with Crippen molar-refractivity contribution in [2.75, 3.05) is 0 Å². The number of nitrogens with two attached hydrogens (primary N) is 1. The Labute approximate surface area is 120 Å². The first-order valence-electron chi connectivity index (χ1n) is 5.99. The zero-order valence-electron chi connectivity index (χ0n) is 10.6. The number of rotatable bonds is 4. The first-order chi connectivity index (χ1) is 9.08. The number of benzene rings is 2. The minimum atomic E-state index is -0.404. The fourth-order valence-electron chi connectivity index (χ4n) is 1.87. The van der Waals surface area contributed by atoms with Crippen LogP contribution in [0.25, 0.3) is 0 Å². The summed E-state index contributed by atoms with van der Waals surface area (Å²) in [6.07, 6.45) is 0. The molecule has 19 heavy (non-hydrogen) atoms. The van der Waals surface area contributed by atoms with Crippen molar-refractivity contribution in [1.29, 1.82) is 0 Å². The topological polar surface area (TPSA) is 35.2 Å². The van der Waals surface area contributed by atoms with E-state index >= 15 is 0 Å². The van der Waals surface area contributed by atoms with Crippen LogP contribution in [-0.4, -0.2) is 0 Å². The van der Waals surface area contributed by atoms with E-state index in [-0.39, 0.29) is 5.82 Å². The SMILES string of the molecule is C[C@H](N)c1c(F)cccc1OCc1cccc(Br)c1. The highest BCUT2D eigenvalue weighted by molar-refractivity contribution is 9.10. The fourth-order valence-corrected chi connectivity index (χ4v) is 2.32. The predicted molar refractivity (Wildman–Crippen MR) is 77.5 cm³/mol. The van der Waals surface area contributed by atoms with Crippen LogP contribution in [0.2, 0.25) is 0 Å². The lowest BCUT2D eigenvalue weighted by Gasteiger charge is -2.14. The molecule has 0 aliphatic rings. The van der Waals surface area contributed by atoms with Gasteiger partial charge in [0.1, 0.15) is 18.2 Å². The Morgan fingerprint density at radius 1 is 1.26 bits per heavy atom. The molecule has 2 aromatic carbocycles. The van der Waals surface area contributed by atoms with Gasteiger partial charge in [0.25, 0.3) is 0 Å². The molecule has 0 fully saturated rings. The molecule has 2 aromatic rings. The van der Waals surface area contributed by atoms with Gasteiger partial charge in [-0.3, -0.25) is 0 Å². The maximum absolute atomic E-state index is 13.7. The van der Waals surface area contributed by atoms with E-state index in [4.69, 9.17) is 10.5 Å². The smallest absolute Gasteiger partial charge is 0.131 e. The van der Waals surface area contributed by atoms with Gasteiger partial charge in [0.15, 0.2) is 0 Å². The number of hydrogen-bond acceptors (Lipinski definition) is 2. The first kappa shape index (κ1) is 14.0. The molecule has 2 N–H and O–H groups in total.